The summed E-state index contributed by atoms with van der Waals surface area (Å²) in [5.41, 5.74) is 0. The average Bonchev–Trinajstić information content (AvgIpc) is 2.34. The number of carbonyl (C=O) groups excluding carboxylic acids is 1. The Labute approximate surface area is 104 Å². The number of aliphatic carboxylic acids is 1. The quantitative estimate of drug-likeness (QED) is 0.737. The predicted molar refractivity (Wildman–Crippen MR) is 59.7 cm³/mol. The van der Waals surface area contributed by atoms with Crippen LogP contribution in [0.25, 0.3) is 0 Å². The van der Waals surface area contributed by atoms with E-state index < -0.39 is 25.0 Å². The van der Waals surface area contributed by atoms with Crippen LogP contribution in [0.4, 0.5) is 13.6 Å². The Balaban J connectivity index is 2.22. The van der Waals surface area contributed by atoms with Gasteiger partial charge >= 0.3 is 12.0 Å². The first kappa shape index (κ1) is 14.6. The molecule has 104 valence electrons. The van der Waals surface area contributed by atoms with Crippen LogP contribution in [0.1, 0.15) is 6.42 Å². The third kappa shape index (κ3) is 5.26. The number of piperazine rings is 1. The first-order valence-corrected chi connectivity index (χ1v) is 5.74. The molecule has 6 nitrogen and oxygen atoms in total. The summed E-state index contributed by atoms with van der Waals surface area (Å²) >= 11 is 0. The smallest absolute Gasteiger partial charge is 0.317 e. The van der Waals surface area contributed by atoms with E-state index in [4.69, 9.17) is 5.11 Å². The van der Waals surface area contributed by atoms with Crippen LogP contribution in [0.5, 0.6) is 0 Å². The minimum Gasteiger partial charge on any atom is -0.481 e. The fourth-order valence-corrected chi connectivity index (χ4v) is 1.70. The van der Waals surface area contributed by atoms with Crippen molar-refractivity contribution in [3.8, 4) is 0 Å². The molecule has 8 heteroatoms. The normalized spacial score (nSPS) is 16.9. The van der Waals surface area contributed by atoms with Crippen molar-refractivity contribution in [1.82, 2.24) is 15.1 Å². The van der Waals surface area contributed by atoms with Crippen molar-refractivity contribution in [3.05, 3.63) is 0 Å². The first-order chi connectivity index (χ1) is 8.49. The molecule has 1 fully saturated rings. The van der Waals surface area contributed by atoms with Crippen molar-refractivity contribution in [2.75, 3.05) is 39.3 Å². The van der Waals surface area contributed by atoms with E-state index in [0.29, 0.717) is 32.7 Å². The Kier molecular flexibility index (Phi) is 5.76. The van der Waals surface area contributed by atoms with Crippen molar-refractivity contribution in [1.29, 1.82) is 0 Å². The lowest BCUT2D eigenvalue weighted by atomic mass is 10.3. The van der Waals surface area contributed by atoms with Gasteiger partial charge in [0, 0.05) is 32.7 Å². The van der Waals surface area contributed by atoms with E-state index in [0.717, 1.165) is 0 Å². The molecule has 2 amide bonds. The lowest BCUT2D eigenvalue weighted by molar-refractivity contribution is -0.137. The SMILES string of the molecule is O=C(O)CCN1CCN(C(=O)NCC(F)F)CC1. The number of carbonyl (C=O) groups is 2. The maximum Gasteiger partial charge on any atom is 0.317 e. The molecule has 18 heavy (non-hydrogen) atoms. The number of hydrogen-bond acceptors (Lipinski definition) is 3. The van der Waals surface area contributed by atoms with Crippen LogP contribution in [-0.2, 0) is 4.79 Å². The van der Waals surface area contributed by atoms with Gasteiger partial charge in [-0.3, -0.25) is 9.69 Å². The van der Waals surface area contributed by atoms with Gasteiger partial charge in [-0.05, 0) is 0 Å². The number of carboxylic acid groups (broad SMARTS) is 1. The zero-order valence-electron chi connectivity index (χ0n) is 9.94. The van der Waals surface area contributed by atoms with Crippen LogP contribution >= 0.6 is 0 Å². The summed E-state index contributed by atoms with van der Waals surface area (Å²) in [6, 6.07) is -0.492. The monoisotopic (exact) mass is 265 g/mol. The van der Waals surface area contributed by atoms with Gasteiger partial charge in [-0.15, -0.1) is 0 Å². The molecule has 1 rings (SSSR count). The number of amides is 2. The van der Waals surface area contributed by atoms with Crippen LogP contribution in [-0.4, -0.2) is 72.6 Å². The second-order valence-corrected chi connectivity index (χ2v) is 4.05. The molecule has 1 saturated heterocycles. The second kappa shape index (κ2) is 7.10. The molecule has 2 N–H and O–H groups in total. The van der Waals surface area contributed by atoms with E-state index in [-0.39, 0.29) is 6.42 Å². The summed E-state index contributed by atoms with van der Waals surface area (Å²) in [7, 11) is 0. The Bertz CT molecular complexity index is 294. The topological polar surface area (TPSA) is 72.9 Å². The predicted octanol–water partition coefficient (Wildman–Crippen LogP) is 0.0534. The first-order valence-electron chi connectivity index (χ1n) is 5.74. The van der Waals surface area contributed by atoms with Gasteiger partial charge in [-0.2, -0.15) is 0 Å². The number of nitrogens with zero attached hydrogens (tertiary/aromatic N) is 2. The molecule has 1 aliphatic rings. The molecule has 0 bridgehead atoms. The lowest BCUT2D eigenvalue weighted by Crippen LogP contribution is -2.52. The molecule has 0 unspecified atom stereocenters. The van der Waals surface area contributed by atoms with Crippen LogP contribution in [0, 0.1) is 0 Å². The molecule has 0 saturated carbocycles. The molecule has 0 radical (unpaired) electrons. The molecule has 0 aromatic carbocycles. The number of hydrogen-bond donors (Lipinski definition) is 2. The number of carboxylic acids is 1. The van der Waals surface area contributed by atoms with Crippen molar-refractivity contribution >= 4 is 12.0 Å². The lowest BCUT2D eigenvalue weighted by Gasteiger charge is -2.34. The number of alkyl halides is 2. The van der Waals surface area contributed by atoms with Gasteiger partial charge in [0.15, 0.2) is 0 Å². The van der Waals surface area contributed by atoms with E-state index >= 15 is 0 Å². The highest BCUT2D eigenvalue weighted by Crippen LogP contribution is 2.03. The summed E-state index contributed by atoms with van der Waals surface area (Å²) in [5, 5.41) is 10.7. The second-order valence-electron chi connectivity index (χ2n) is 4.05. The Morgan fingerprint density at radius 1 is 1.22 bits per heavy atom. The highest BCUT2D eigenvalue weighted by Gasteiger charge is 2.21. The highest BCUT2D eigenvalue weighted by atomic mass is 19.3. The molecule has 1 aliphatic heterocycles. The fourth-order valence-electron chi connectivity index (χ4n) is 1.70. The van der Waals surface area contributed by atoms with Gasteiger partial charge in [-0.1, -0.05) is 0 Å². The minimum absolute atomic E-state index is 0.0670. The molecular formula is C10H17F2N3O3. The Morgan fingerprint density at radius 3 is 2.33 bits per heavy atom. The van der Waals surface area contributed by atoms with E-state index in [1.165, 1.54) is 4.90 Å². The van der Waals surface area contributed by atoms with Crippen molar-refractivity contribution < 1.29 is 23.5 Å². The van der Waals surface area contributed by atoms with Gasteiger partial charge in [0.05, 0.1) is 13.0 Å². The summed E-state index contributed by atoms with van der Waals surface area (Å²) in [4.78, 5) is 25.2. The fraction of sp³-hybridized carbons (Fsp3) is 0.800. The maximum atomic E-state index is 11.9. The zero-order chi connectivity index (χ0) is 13.5. The molecule has 0 aromatic rings. The molecule has 0 spiro atoms. The number of rotatable bonds is 5. The number of urea groups is 1. The van der Waals surface area contributed by atoms with E-state index in [2.05, 4.69) is 5.32 Å². The third-order valence-corrected chi connectivity index (χ3v) is 2.71. The number of nitrogens with one attached hydrogen (secondary N) is 1. The van der Waals surface area contributed by atoms with Crippen LogP contribution in [0.2, 0.25) is 0 Å². The van der Waals surface area contributed by atoms with Gasteiger partial charge in [-0.25, -0.2) is 13.6 Å². The van der Waals surface area contributed by atoms with E-state index in [1.807, 2.05) is 4.90 Å². The summed E-state index contributed by atoms with van der Waals surface area (Å²) in [6.45, 7) is 1.79. The average molecular weight is 265 g/mol. The van der Waals surface area contributed by atoms with Crippen LogP contribution in [0.3, 0.4) is 0 Å². The van der Waals surface area contributed by atoms with Crippen molar-refractivity contribution in [2.24, 2.45) is 0 Å². The Hall–Kier alpha value is -1.44. The Morgan fingerprint density at radius 2 is 1.83 bits per heavy atom. The van der Waals surface area contributed by atoms with Crippen molar-refractivity contribution in [2.45, 2.75) is 12.8 Å². The molecule has 0 aliphatic carbocycles. The van der Waals surface area contributed by atoms with Gasteiger partial charge in [0.25, 0.3) is 6.43 Å². The number of halogens is 2. The minimum atomic E-state index is -2.55. The standard InChI is InChI=1S/C10H17F2N3O3/c11-8(12)7-13-10(18)15-5-3-14(4-6-15)2-1-9(16)17/h8H,1-7H2,(H,13,18)(H,16,17). The maximum absolute atomic E-state index is 11.9. The van der Waals surface area contributed by atoms with Gasteiger partial charge in [0.1, 0.15) is 0 Å². The third-order valence-electron chi connectivity index (χ3n) is 2.71. The molecular weight excluding hydrogens is 248 g/mol. The van der Waals surface area contributed by atoms with E-state index in [9.17, 15) is 18.4 Å². The molecule has 1 heterocycles. The molecule has 0 aromatic heterocycles. The summed E-state index contributed by atoms with van der Waals surface area (Å²) in [5.74, 6) is -0.855. The van der Waals surface area contributed by atoms with Crippen molar-refractivity contribution in [3.63, 3.8) is 0 Å². The zero-order valence-corrected chi connectivity index (χ0v) is 9.94. The summed E-state index contributed by atoms with van der Waals surface area (Å²) < 4.78 is 23.8. The van der Waals surface area contributed by atoms with E-state index in [1.54, 1.807) is 0 Å². The van der Waals surface area contributed by atoms with Gasteiger partial charge in [0.2, 0.25) is 0 Å². The van der Waals surface area contributed by atoms with Crippen LogP contribution < -0.4 is 5.32 Å². The van der Waals surface area contributed by atoms with Crippen LogP contribution in [0.15, 0.2) is 0 Å². The highest BCUT2D eigenvalue weighted by molar-refractivity contribution is 5.74. The molecule has 0 atom stereocenters. The van der Waals surface area contributed by atoms with Gasteiger partial charge < -0.3 is 15.3 Å². The largest absolute Gasteiger partial charge is 0.481 e. The summed E-state index contributed by atoms with van der Waals surface area (Å²) in [6.07, 6.45) is -2.48.